The summed E-state index contributed by atoms with van der Waals surface area (Å²) in [6.45, 7) is 3.75. The number of hydrogen-bond donors (Lipinski definition) is 0. The molecule has 1 atom stereocenters. The van der Waals surface area contributed by atoms with Gasteiger partial charge in [0.1, 0.15) is 0 Å². The molecule has 0 saturated heterocycles. The largest absolute Gasteiger partial charge is 0.405 e. The summed E-state index contributed by atoms with van der Waals surface area (Å²) >= 11 is 0. The Kier molecular flexibility index (Phi) is 2.63. The predicted molar refractivity (Wildman–Crippen MR) is 75.3 cm³/mol. The SMILES string of the molecule is CCC1(C)N=C(c2ccc3ccccc3c2)OC1=O. The van der Waals surface area contributed by atoms with Gasteiger partial charge in [0, 0.05) is 5.56 Å². The summed E-state index contributed by atoms with van der Waals surface area (Å²) in [5, 5.41) is 2.28. The smallest absolute Gasteiger partial charge is 0.340 e. The molecule has 0 radical (unpaired) electrons. The maximum absolute atomic E-state index is 11.8. The van der Waals surface area contributed by atoms with Crippen molar-refractivity contribution < 1.29 is 9.53 Å². The summed E-state index contributed by atoms with van der Waals surface area (Å²) in [4.78, 5) is 16.3. The molecule has 2 aromatic rings. The average Bonchev–Trinajstić information content (AvgIpc) is 2.75. The van der Waals surface area contributed by atoms with Crippen LogP contribution in [0, 0.1) is 0 Å². The first-order valence-electron chi connectivity index (χ1n) is 6.44. The van der Waals surface area contributed by atoms with E-state index in [0.29, 0.717) is 12.3 Å². The highest BCUT2D eigenvalue weighted by Gasteiger charge is 2.40. The number of carbonyl (C=O) groups is 1. The van der Waals surface area contributed by atoms with Gasteiger partial charge in [-0.2, -0.15) is 0 Å². The molecule has 2 aromatic carbocycles. The molecule has 0 N–H and O–H groups in total. The summed E-state index contributed by atoms with van der Waals surface area (Å²) in [7, 11) is 0. The second kappa shape index (κ2) is 4.19. The number of rotatable bonds is 2. The molecule has 0 saturated carbocycles. The van der Waals surface area contributed by atoms with E-state index in [2.05, 4.69) is 11.1 Å². The average molecular weight is 253 g/mol. The van der Waals surface area contributed by atoms with Crippen molar-refractivity contribution in [1.82, 2.24) is 0 Å². The van der Waals surface area contributed by atoms with Crippen molar-refractivity contribution in [3.63, 3.8) is 0 Å². The fourth-order valence-electron chi connectivity index (χ4n) is 2.16. The molecule has 1 unspecified atom stereocenters. The van der Waals surface area contributed by atoms with Crippen LogP contribution in [-0.2, 0) is 9.53 Å². The third kappa shape index (κ3) is 1.91. The van der Waals surface area contributed by atoms with E-state index < -0.39 is 5.54 Å². The summed E-state index contributed by atoms with van der Waals surface area (Å²) in [5.74, 6) is 0.165. The number of benzene rings is 2. The molecule has 0 amide bonds. The fourth-order valence-corrected chi connectivity index (χ4v) is 2.16. The van der Waals surface area contributed by atoms with E-state index in [1.165, 1.54) is 0 Å². The fraction of sp³-hybridized carbons (Fsp3) is 0.250. The molecule has 1 aliphatic heterocycles. The van der Waals surface area contributed by atoms with Crippen LogP contribution < -0.4 is 0 Å². The standard InChI is InChI=1S/C16H15NO2/c1-3-16(2)15(18)19-14(17-16)13-9-8-11-6-4-5-7-12(11)10-13/h4-10H,3H2,1-2H3. The van der Waals surface area contributed by atoms with Crippen molar-refractivity contribution in [2.45, 2.75) is 25.8 Å². The Bertz CT molecular complexity index is 690. The molecule has 1 heterocycles. The Morgan fingerprint density at radius 1 is 1.16 bits per heavy atom. The number of ether oxygens (including phenoxy) is 1. The van der Waals surface area contributed by atoms with Crippen LogP contribution in [0.4, 0.5) is 0 Å². The van der Waals surface area contributed by atoms with Crippen LogP contribution in [0.25, 0.3) is 10.8 Å². The van der Waals surface area contributed by atoms with Crippen molar-refractivity contribution in [2.75, 3.05) is 0 Å². The minimum atomic E-state index is -0.735. The van der Waals surface area contributed by atoms with Gasteiger partial charge in [0.2, 0.25) is 5.90 Å². The van der Waals surface area contributed by atoms with Crippen LogP contribution in [0.2, 0.25) is 0 Å². The lowest BCUT2D eigenvalue weighted by Gasteiger charge is -2.11. The minimum absolute atomic E-state index is 0.266. The lowest BCUT2D eigenvalue weighted by molar-refractivity contribution is -0.138. The monoisotopic (exact) mass is 253 g/mol. The first-order chi connectivity index (χ1) is 9.12. The van der Waals surface area contributed by atoms with Gasteiger partial charge in [-0.3, -0.25) is 0 Å². The maximum atomic E-state index is 11.8. The van der Waals surface area contributed by atoms with E-state index in [1.54, 1.807) is 0 Å². The minimum Gasteiger partial charge on any atom is -0.405 e. The molecule has 3 rings (SSSR count). The number of aliphatic imine (C=N–C) groups is 1. The highest BCUT2D eigenvalue weighted by molar-refractivity contribution is 6.09. The number of fused-ring (bicyclic) bond motifs is 1. The highest BCUT2D eigenvalue weighted by atomic mass is 16.6. The quantitative estimate of drug-likeness (QED) is 0.770. The summed E-state index contributed by atoms with van der Waals surface area (Å²) in [5.41, 5.74) is 0.116. The van der Waals surface area contributed by atoms with E-state index >= 15 is 0 Å². The van der Waals surface area contributed by atoms with E-state index in [1.807, 2.05) is 50.2 Å². The maximum Gasteiger partial charge on any atom is 0.340 e. The van der Waals surface area contributed by atoms with Gasteiger partial charge in [0.25, 0.3) is 0 Å². The zero-order chi connectivity index (χ0) is 13.5. The second-order valence-corrected chi connectivity index (χ2v) is 5.00. The van der Waals surface area contributed by atoms with Crippen molar-refractivity contribution in [1.29, 1.82) is 0 Å². The molecule has 0 aliphatic carbocycles. The lowest BCUT2D eigenvalue weighted by atomic mass is 10.0. The van der Waals surface area contributed by atoms with Crippen LogP contribution in [-0.4, -0.2) is 17.4 Å². The van der Waals surface area contributed by atoms with Gasteiger partial charge in [-0.25, -0.2) is 9.79 Å². The Morgan fingerprint density at radius 3 is 2.58 bits per heavy atom. The third-order valence-corrected chi connectivity index (χ3v) is 3.66. The number of carbonyl (C=O) groups excluding carboxylic acids is 1. The van der Waals surface area contributed by atoms with Crippen LogP contribution in [0.15, 0.2) is 47.5 Å². The van der Waals surface area contributed by atoms with Gasteiger partial charge < -0.3 is 4.74 Å². The molecule has 3 nitrogen and oxygen atoms in total. The molecule has 0 spiro atoms. The zero-order valence-corrected chi connectivity index (χ0v) is 11.0. The van der Waals surface area contributed by atoms with Gasteiger partial charge in [-0.05, 0) is 36.2 Å². The van der Waals surface area contributed by atoms with Crippen LogP contribution in [0.1, 0.15) is 25.8 Å². The normalized spacial score (nSPS) is 22.4. The van der Waals surface area contributed by atoms with Crippen molar-refractivity contribution in [2.24, 2.45) is 4.99 Å². The summed E-state index contributed by atoms with van der Waals surface area (Å²) < 4.78 is 5.31. The Labute approximate surface area is 111 Å². The molecule has 19 heavy (non-hydrogen) atoms. The number of hydrogen-bond acceptors (Lipinski definition) is 3. The van der Waals surface area contributed by atoms with Gasteiger partial charge in [-0.15, -0.1) is 0 Å². The molecule has 0 aromatic heterocycles. The number of cyclic esters (lactones) is 1. The Morgan fingerprint density at radius 2 is 1.89 bits per heavy atom. The molecule has 0 bridgehead atoms. The van der Waals surface area contributed by atoms with Crippen molar-refractivity contribution in [3.8, 4) is 0 Å². The molecular formula is C16H15NO2. The van der Waals surface area contributed by atoms with E-state index in [9.17, 15) is 4.79 Å². The van der Waals surface area contributed by atoms with Crippen LogP contribution in [0.5, 0.6) is 0 Å². The Hall–Kier alpha value is -2.16. The van der Waals surface area contributed by atoms with Crippen LogP contribution >= 0.6 is 0 Å². The molecule has 1 aliphatic rings. The van der Waals surface area contributed by atoms with Crippen LogP contribution in [0.3, 0.4) is 0 Å². The predicted octanol–water partition coefficient (Wildman–Crippen LogP) is 3.31. The zero-order valence-electron chi connectivity index (χ0n) is 11.0. The number of nitrogens with zero attached hydrogens (tertiary/aromatic N) is 1. The van der Waals surface area contributed by atoms with E-state index in [4.69, 9.17) is 4.74 Å². The van der Waals surface area contributed by atoms with Crippen molar-refractivity contribution in [3.05, 3.63) is 48.0 Å². The van der Waals surface area contributed by atoms with E-state index in [0.717, 1.165) is 16.3 Å². The first-order valence-corrected chi connectivity index (χ1v) is 6.44. The van der Waals surface area contributed by atoms with Gasteiger partial charge in [0.15, 0.2) is 5.54 Å². The van der Waals surface area contributed by atoms with E-state index in [-0.39, 0.29) is 5.97 Å². The lowest BCUT2D eigenvalue weighted by Crippen LogP contribution is -2.28. The molecular weight excluding hydrogens is 238 g/mol. The van der Waals surface area contributed by atoms with Gasteiger partial charge in [0.05, 0.1) is 0 Å². The first kappa shape index (κ1) is 11.9. The van der Waals surface area contributed by atoms with Gasteiger partial charge >= 0.3 is 5.97 Å². The Balaban J connectivity index is 2.06. The third-order valence-electron chi connectivity index (χ3n) is 3.66. The van der Waals surface area contributed by atoms with Gasteiger partial charge in [-0.1, -0.05) is 37.3 Å². The topological polar surface area (TPSA) is 38.7 Å². The molecule has 0 fully saturated rings. The van der Waals surface area contributed by atoms with Crippen molar-refractivity contribution >= 4 is 22.6 Å². The summed E-state index contributed by atoms with van der Waals surface area (Å²) in [6, 6.07) is 14.0. The molecule has 3 heteroatoms. The molecule has 96 valence electrons. The second-order valence-electron chi connectivity index (χ2n) is 5.00. The number of esters is 1. The summed E-state index contributed by atoms with van der Waals surface area (Å²) in [6.07, 6.45) is 0.642. The highest BCUT2D eigenvalue weighted by Crippen LogP contribution is 2.27.